The van der Waals surface area contributed by atoms with Crippen LogP contribution in [0.3, 0.4) is 0 Å². The normalized spacial score (nSPS) is 16.0. The molecule has 1 aliphatic heterocycles. The van der Waals surface area contributed by atoms with Gasteiger partial charge in [-0.2, -0.15) is 13.2 Å². The first-order valence-electron chi connectivity index (χ1n) is 8.76. The second kappa shape index (κ2) is 7.99. The van der Waals surface area contributed by atoms with Gasteiger partial charge in [-0.1, -0.05) is 18.2 Å². The lowest BCUT2D eigenvalue weighted by molar-refractivity contribution is -0.384. The summed E-state index contributed by atoms with van der Waals surface area (Å²) in [5.41, 5.74) is -1.62. The fraction of sp³-hybridized carbons (Fsp3) is 0.333. The van der Waals surface area contributed by atoms with Crippen molar-refractivity contribution in [3.63, 3.8) is 0 Å². The summed E-state index contributed by atoms with van der Waals surface area (Å²) < 4.78 is 66.0. The van der Waals surface area contributed by atoms with E-state index in [-0.39, 0.29) is 29.7 Å². The van der Waals surface area contributed by atoms with Gasteiger partial charge >= 0.3 is 6.18 Å². The van der Waals surface area contributed by atoms with Crippen molar-refractivity contribution in [2.24, 2.45) is 0 Å². The predicted molar refractivity (Wildman–Crippen MR) is 100 cm³/mol. The van der Waals surface area contributed by atoms with Gasteiger partial charge in [0.25, 0.3) is 5.69 Å². The van der Waals surface area contributed by atoms with Gasteiger partial charge in [0.15, 0.2) is 0 Å². The van der Waals surface area contributed by atoms with Crippen molar-refractivity contribution in [2.45, 2.75) is 30.0 Å². The van der Waals surface area contributed by atoms with E-state index in [0.717, 1.165) is 12.1 Å². The molecule has 29 heavy (non-hydrogen) atoms. The van der Waals surface area contributed by atoms with Crippen molar-refractivity contribution >= 4 is 21.4 Å². The lowest BCUT2D eigenvalue weighted by Crippen LogP contribution is -2.44. The van der Waals surface area contributed by atoms with Gasteiger partial charge in [-0.3, -0.25) is 10.1 Å². The van der Waals surface area contributed by atoms with Crippen molar-refractivity contribution in [1.82, 2.24) is 4.72 Å². The Morgan fingerprint density at radius 3 is 2.24 bits per heavy atom. The molecule has 1 saturated heterocycles. The topological polar surface area (TPSA) is 92.6 Å². The molecule has 7 nitrogen and oxygen atoms in total. The number of hydrogen-bond donors (Lipinski definition) is 1. The maximum absolute atomic E-state index is 12.9. The van der Waals surface area contributed by atoms with Crippen molar-refractivity contribution < 1.29 is 26.5 Å². The Morgan fingerprint density at radius 1 is 1.07 bits per heavy atom. The first kappa shape index (κ1) is 21.1. The molecule has 0 saturated carbocycles. The van der Waals surface area contributed by atoms with E-state index in [0.29, 0.717) is 18.9 Å². The predicted octanol–water partition coefficient (Wildman–Crippen LogP) is 3.56. The molecule has 2 aromatic rings. The molecule has 1 fully saturated rings. The van der Waals surface area contributed by atoms with Crippen LogP contribution in [-0.2, 0) is 16.2 Å². The Bertz CT molecular complexity index is 989. The van der Waals surface area contributed by atoms with E-state index >= 15 is 0 Å². The molecule has 156 valence electrons. The SMILES string of the molecule is O=[N+]([O-])c1cc(C(F)(F)F)ccc1N1CCC(NS(=O)(=O)c2ccccc2)CC1. The molecular formula is C18H18F3N3O4S. The van der Waals surface area contributed by atoms with Gasteiger partial charge in [0.2, 0.25) is 10.0 Å². The molecule has 0 radical (unpaired) electrons. The van der Waals surface area contributed by atoms with Crippen LogP contribution >= 0.6 is 0 Å². The van der Waals surface area contributed by atoms with Gasteiger partial charge in [0, 0.05) is 25.2 Å². The zero-order chi connectivity index (χ0) is 21.2. The zero-order valence-electron chi connectivity index (χ0n) is 15.1. The summed E-state index contributed by atoms with van der Waals surface area (Å²) in [5, 5.41) is 11.3. The Hall–Kier alpha value is -2.66. The van der Waals surface area contributed by atoms with Crippen molar-refractivity contribution in [3.8, 4) is 0 Å². The number of anilines is 1. The molecule has 3 rings (SSSR count). The Labute approximate surface area is 165 Å². The fourth-order valence-electron chi connectivity index (χ4n) is 3.24. The van der Waals surface area contributed by atoms with E-state index in [2.05, 4.69) is 4.72 Å². The van der Waals surface area contributed by atoms with Gasteiger partial charge in [-0.15, -0.1) is 0 Å². The van der Waals surface area contributed by atoms with E-state index < -0.39 is 32.4 Å². The molecular weight excluding hydrogens is 411 g/mol. The molecule has 0 atom stereocenters. The minimum absolute atomic E-state index is 0.0902. The van der Waals surface area contributed by atoms with Gasteiger partial charge in [0.1, 0.15) is 5.69 Å². The maximum Gasteiger partial charge on any atom is 0.416 e. The van der Waals surface area contributed by atoms with Crippen LogP contribution in [0.1, 0.15) is 18.4 Å². The highest BCUT2D eigenvalue weighted by Gasteiger charge is 2.34. The molecule has 0 aliphatic carbocycles. The molecule has 0 aromatic heterocycles. The quantitative estimate of drug-likeness (QED) is 0.580. The standard InChI is InChI=1S/C18H18F3N3O4S/c19-18(20,21)13-6-7-16(17(12-13)24(25)26)23-10-8-14(9-11-23)22-29(27,28)15-4-2-1-3-5-15/h1-7,12,14,22H,8-11H2. The Morgan fingerprint density at radius 2 is 1.69 bits per heavy atom. The number of piperidine rings is 1. The zero-order valence-corrected chi connectivity index (χ0v) is 15.9. The maximum atomic E-state index is 12.9. The van der Waals surface area contributed by atoms with Crippen molar-refractivity contribution in [3.05, 3.63) is 64.2 Å². The van der Waals surface area contributed by atoms with E-state index in [1.54, 1.807) is 23.1 Å². The van der Waals surface area contributed by atoms with Crippen LogP contribution in [0, 0.1) is 10.1 Å². The Balaban J connectivity index is 1.72. The monoisotopic (exact) mass is 429 g/mol. The smallest absolute Gasteiger partial charge is 0.366 e. The molecule has 1 heterocycles. The minimum Gasteiger partial charge on any atom is -0.366 e. The number of rotatable bonds is 5. The van der Waals surface area contributed by atoms with Gasteiger partial charge in [-0.05, 0) is 37.1 Å². The minimum atomic E-state index is -4.67. The first-order valence-corrected chi connectivity index (χ1v) is 10.2. The second-order valence-electron chi connectivity index (χ2n) is 6.65. The third kappa shape index (κ3) is 4.85. The van der Waals surface area contributed by atoms with E-state index in [1.165, 1.54) is 12.1 Å². The summed E-state index contributed by atoms with van der Waals surface area (Å²) in [5.74, 6) is 0. The van der Waals surface area contributed by atoms with Crippen LogP contribution in [0.5, 0.6) is 0 Å². The number of hydrogen-bond acceptors (Lipinski definition) is 5. The van der Waals surface area contributed by atoms with Crippen LogP contribution in [-0.4, -0.2) is 32.5 Å². The molecule has 2 aromatic carbocycles. The van der Waals surface area contributed by atoms with Crippen LogP contribution in [0.25, 0.3) is 0 Å². The summed E-state index contributed by atoms with van der Waals surface area (Å²) in [6.07, 6.45) is -3.94. The molecule has 1 aliphatic rings. The number of nitrogens with one attached hydrogen (secondary N) is 1. The van der Waals surface area contributed by atoms with Crippen LogP contribution < -0.4 is 9.62 Å². The molecule has 0 amide bonds. The van der Waals surface area contributed by atoms with Gasteiger partial charge in [-0.25, -0.2) is 13.1 Å². The van der Waals surface area contributed by atoms with Crippen LogP contribution in [0.2, 0.25) is 0 Å². The first-order chi connectivity index (χ1) is 13.6. The number of benzene rings is 2. The van der Waals surface area contributed by atoms with Gasteiger partial charge in [0.05, 0.1) is 15.4 Å². The molecule has 0 spiro atoms. The lowest BCUT2D eigenvalue weighted by atomic mass is 10.0. The number of nitro benzene ring substituents is 1. The number of halogens is 3. The highest BCUT2D eigenvalue weighted by atomic mass is 32.2. The van der Waals surface area contributed by atoms with Crippen molar-refractivity contribution in [2.75, 3.05) is 18.0 Å². The number of nitro groups is 1. The second-order valence-corrected chi connectivity index (χ2v) is 8.37. The van der Waals surface area contributed by atoms with E-state index in [9.17, 15) is 31.7 Å². The van der Waals surface area contributed by atoms with E-state index in [1.807, 2.05) is 0 Å². The summed E-state index contributed by atoms with van der Waals surface area (Å²) in [6, 6.07) is 9.94. The lowest BCUT2D eigenvalue weighted by Gasteiger charge is -2.33. The highest BCUT2D eigenvalue weighted by molar-refractivity contribution is 7.89. The number of sulfonamides is 1. The van der Waals surface area contributed by atoms with Gasteiger partial charge < -0.3 is 4.90 Å². The molecule has 11 heteroatoms. The summed E-state index contributed by atoms with van der Waals surface area (Å²) in [7, 11) is -3.69. The average Bonchev–Trinajstić information content (AvgIpc) is 2.68. The molecule has 0 bridgehead atoms. The number of nitrogens with zero attached hydrogens (tertiary/aromatic N) is 2. The summed E-state index contributed by atoms with van der Waals surface area (Å²) >= 11 is 0. The third-order valence-electron chi connectivity index (χ3n) is 4.71. The summed E-state index contributed by atoms with van der Waals surface area (Å²) in [6.45, 7) is 0.544. The molecule has 0 unspecified atom stereocenters. The molecule has 1 N–H and O–H groups in total. The summed E-state index contributed by atoms with van der Waals surface area (Å²) in [4.78, 5) is 12.2. The number of alkyl halides is 3. The average molecular weight is 429 g/mol. The third-order valence-corrected chi connectivity index (χ3v) is 6.25. The van der Waals surface area contributed by atoms with Crippen LogP contribution in [0.4, 0.5) is 24.5 Å². The largest absolute Gasteiger partial charge is 0.416 e. The Kier molecular flexibility index (Phi) is 5.80. The van der Waals surface area contributed by atoms with Crippen LogP contribution in [0.15, 0.2) is 53.4 Å². The fourth-order valence-corrected chi connectivity index (χ4v) is 4.56. The van der Waals surface area contributed by atoms with E-state index in [4.69, 9.17) is 0 Å². The van der Waals surface area contributed by atoms with Crippen molar-refractivity contribution in [1.29, 1.82) is 0 Å². The highest BCUT2D eigenvalue weighted by Crippen LogP contribution is 2.37.